The summed E-state index contributed by atoms with van der Waals surface area (Å²) < 4.78 is 16.1. The van der Waals surface area contributed by atoms with Crippen molar-refractivity contribution in [2.75, 3.05) is 40.0 Å². The van der Waals surface area contributed by atoms with E-state index in [9.17, 15) is 14.4 Å². The number of carbonyl (C=O) groups is 3. The molecule has 2 fully saturated rings. The van der Waals surface area contributed by atoms with Gasteiger partial charge in [-0.1, -0.05) is 66.4 Å². The highest BCUT2D eigenvalue weighted by Crippen LogP contribution is 2.38. The number of thiocarbonyl (C=S) groups is 1. The Kier molecular flexibility index (Phi) is 8.17. The van der Waals surface area contributed by atoms with E-state index in [-0.39, 0.29) is 22.7 Å². The van der Waals surface area contributed by atoms with Gasteiger partial charge in [-0.05, 0) is 29.3 Å². The molecular formula is C25H24N2O6S2. The van der Waals surface area contributed by atoms with E-state index in [0.29, 0.717) is 42.5 Å². The summed E-state index contributed by atoms with van der Waals surface area (Å²) in [7, 11) is 1.28. The molecule has 0 spiro atoms. The van der Waals surface area contributed by atoms with Gasteiger partial charge < -0.3 is 19.1 Å². The molecule has 0 saturated carbocycles. The lowest BCUT2D eigenvalue weighted by Crippen LogP contribution is -2.42. The Morgan fingerprint density at radius 2 is 1.80 bits per heavy atom. The van der Waals surface area contributed by atoms with Gasteiger partial charge in [0.25, 0.3) is 11.8 Å². The fourth-order valence-corrected chi connectivity index (χ4v) is 5.01. The predicted molar refractivity (Wildman–Crippen MR) is 136 cm³/mol. The standard InChI is InChI=1S/C25H24N2O6S2/c1-31-24(30)22(18-5-3-2-4-6-18)27-23(29)20(35-25(27)34)15-17-7-9-19(10-8-17)33-16-21(28)26-11-13-32-14-12-26/h2-10,15,22H,11-14,16H2,1H3/b20-15+. The number of methoxy groups -OCH3 is 1. The van der Waals surface area contributed by atoms with Crippen LogP contribution in [-0.4, -0.2) is 71.9 Å². The molecular weight excluding hydrogens is 488 g/mol. The molecule has 182 valence electrons. The third-order valence-electron chi connectivity index (χ3n) is 5.53. The summed E-state index contributed by atoms with van der Waals surface area (Å²) in [6.07, 6.45) is 1.71. The lowest BCUT2D eigenvalue weighted by atomic mass is 10.1. The quantitative estimate of drug-likeness (QED) is 0.318. The molecule has 0 bridgehead atoms. The molecule has 2 aromatic carbocycles. The minimum absolute atomic E-state index is 0.0492. The lowest BCUT2D eigenvalue weighted by Gasteiger charge is -2.26. The SMILES string of the molecule is COC(=O)C(c1ccccc1)N1C(=O)/C(=C\c2ccc(OCC(=O)N3CCOCC3)cc2)SC1=S. The molecule has 10 heteroatoms. The first-order valence-corrected chi connectivity index (χ1v) is 12.2. The van der Waals surface area contributed by atoms with Crippen molar-refractivity contribution < 1.29 is 28.6 Å². The highest BCUT2D eigenvalue weighted by atomic mass is 32.2. The van der Waals surface area contributed by atoms with Crippen molar-refractivity contribution in [2.45, 2.75) is 6.04 Å². The van der Waals surface area contributed by atoms with Gasteiger partial charge in [0.05, 0.1) is 25.2 Å². The predicted octanol–water partition coefficient (Wildman–Crippen LogP) is 3.04. The van der Waals surface area contributed by atoms with Crippen LogP contribution in [0.25, 0.3) is 6.08 Å². The smallest absolute Gasteiger partial charge is 0.333 e. The van der Waals surface area contributed by atoms with E-state index >= 15 is 0 Å². The molecule has 0 aliphatic carbocycles. The first-order valence-electron chi connectivity index (χ1n) is 11.0. The molecule has 0 N–H and O–H groups in total. The number of benzene rings is 2. The van der Waals surface area contributed by atoms with Crippen LogP contribution in [0.2, 0.25) is 0 Å². The van der Waals surface area contributed by atoms with E-state index < -0.39 is 12.0 Å². The van der Waals surface area contributed by atoms with E-state index in [1.54, 1.807) is 59.5 Å². The second-order valence-electron chi connectivity index (χ2n) is 7.74. The summed E-state index contributed by atoms with van der Waals surface area (Å²) in [6.45, 7) is 2.17. The fraction of sp³-hybridized carbons (Fsp3) is 0.280. The highest BCUT2D eigenvalue weighted by molar-refractivity contribution is 8.26. The summed E-state index contributed by atoms with van der Waals surface area (Å²) in [6, 6.07) is 15.0. The van der Waals surface area contributed by atoms with E-state index in [1.165, 1.54) is 12.0 Å². The molecule has 2 aliphatic heterocycles. The summed E-state index contributed by atoms with van der Waals surface area (Å²) in [5.74, 6) is -0.469. The Hall–Kier alpha value is -3.21. The van der Waals surface area contributed by atoms with Gasteiger partial charge in [0.1, 0.15) is 10.1 Å². The minimum Gasteiger partial charge on any atom is -0.484 e. The van der Waals surface area contributed by atoms with Crippen LogP contribution >= 0.6 is 24.0 Å². The highest BCUT2D eigenvalue weighted by Gasteiger charge is 2.41. The van der Waals surface area contributed by atoms with Crippen LogP contribution in [-0.2, 0) is 23.9 Å². The zero-order chi connectivity index (χ0) is 24.8. The average molecular weight is 513 g/mol. The third-order valence-corrected chi connectivity index (χ3v) is 6.86. The number of thioether (sulfide) groups is 1. The van der Waals surface area contributed by atoms with Crippen molar-refractivity contribution in [3.8, 4) is 5.75 Å². The van der Waals surface area contributed by atoms with Crippen molar-refractivity contribution >= 4 is 52.2 Å². The van der Waals surface area contributed by atoms with Crippen LogP contribution in [0.3, 0.4) is 0 Å². The van der Waals surface area contributed by atoms with E-state index in [2.05, 4.69) is 0 Å². The lowest BCUT2D eigenvalue weighted by molar-refractivity contribution is -0.148. The molecule has 4 rings (SSSR count). The molecule has 2 aliphatic rings. The van der Waals surface area contributed by atoms with Gasteiger partial charge in [-0.3, -0.25) is 14.5 Å². The molecule has 35 heavy (non-hydrogen) atoms. The van der Waals surface area contributed by atoms with Crippen molar-refractivity contribution in [1.29, 1.82) is 0 Å². The number of rotatable bonds is 7. The van der Waals surface area contributed by atoms with Crippen LogP contribution in [0.1, 0.15) is 17.2 Å². The molecule has 2 saturated heterocycles. The minimum atomic E-state index is -0.959. The Bertz CT molecular complexity index is 1130. The Balaban J connectivity index is 1.44. The summed E-state index contributed by atoms with van der Waals surface area (Å²) >= 11 is 6.57. The topological polar surface area (TPSA) is 85.4 Å². The van der Waals surface area contributed by atoms with E-state index in [1.807, 2.05) is 6.07 Å². The van der Waals surface area contributed by atoms with Gasteiger partial charge in [-0.25, -0.2) is 4.79 Å². The fourth-order valence-electron chi connectivity index (χ4n) is 3.70. The number of ether oxygens (including phenoxy) is 3. The Labute approximate surface area is 212 Å². The van der Waals surface area contributed by atoms with Gasteiger partial charge in [-0.2, -0.15) is 0 Å². The number of morpholine rings is 1. The molecule has 0 radical (unpaired) electrons. The van der Waals surface area contributed by atoms with Gasteiger partial charge in [0.2, 0.25) is 0 Å². The molecule has 1 unspecified atom stereocenters. The largest absolute Gasteiger partial charge is 0.484 e. The van der Waals surface area contributed by atoms with Crippen LogP contribution in [0.4, 0.5) is 0 Å². The van der Waals surface area contributed by atoms with E-state index in [4.69, 9.17) is 26.4 Å². The maximum absolute atomic E-state index is 13.2. The van der Waals surface area contributed by atoms with Crippen molar-refractivity contribution in [1.82, 2.24) is 9.80 Å². The van der Waals surface area contributed by atoms with Crippen LogP contribution in [0.15, 0.2) is 59.5 Å². The first-order chi connectivity index (χ1) is 17.0. The second kappa shape index (κ2) is 11.5. The van der Waals surface area contributed by atoms with Gasteiger partial charge in [-0.15, -0.1) is 0 Å². The van der Waals surface area contributed by atoms with Crippen LogP contribution < -0.4 is 4.74 Å². The Morgan fingerprint density at radius 3 is 2.46 bits per heavy atom. The Morgan fingerprint density at radius 1 is 1.11 bits per heavy atom. The van der Waals surface area contributed by atoms with E-state index in [0.717, 1.165) is 17.3 Å². The number of carbonyl (C=O) groups excluding carboxylic acids is 3. The van der Waals surface area contributed by atoms with Gasteiger partial charge in [0.15, 0.2) is 12.6 Å². The maximum atomic E-state index is 13.2. The third kappa shape index (κ3) is 5.90. The normalized spacial score (nSPS) is 18.0. The van der Waals surface area contributed by atoms with Crippen LogP contribution in [0.5, 0.6) is 5.75 Å². The number of amides is 2. The monoisotopic (exact) mass is 512 g/mol. The average Bonchev–Trinajstić information content (AvgIpc) is 3.17. The molecule has 2 amide bonds. The zero-order valence-electron chi connectivity index (χ0n) is 19.0. The molecule has 2 heterocycles. The zero-order valence-corrected chi connectivity index (χ0v) is 20.7. The van der Waals surface area contributed by atoms with Gasteiger partial charge >= 0.3 is 5.97 Å². The summed E-state index contributed by atoms with van der Waals surface area (Å²) in [5.41, 5.74) is 1.37. The first kappa shape index (κ1) is 24.9. The van der Waals surface area contributed by atoms with Crippen molar-refractivity contribution in [3.05, 3.63) is 70.6 Å². The second-order valence-corrected chi connectivity index (χ2v) is 9.41. The summed E-state index contributed by atoms with van der Waals surface area (Å²) in [4.78, 5) is 41.4. The maximum Gasteiger partial charge on any atom is 0.333 e. The molecule has 1 atom stereocenters. The number of nitrogens with zero attached hydrogens (tertiary/aromatic N) is 2. The summed E-state index contributed by atoms with van der Waals surface area (Å²) in [5, 5.41) is 0. The molecule has 8 nitrogen and oxygen atoms in total. The molecule has 2 aromatic rings. The van der Waals surface area contributed by atoms with Crippen molar-refractivity contribution in [3.63, 3.8) is 0 Å². The number of hydrogen-bond acceptors (Lipinski definition) is 8. The van der Waals surface area contributed by atoms with Gasteiger partial charge in [0, 0.05) is 13.1 Å². The number of esters is 1. The molecule has 0 aromatic heterocycles. The number of hydrogen-bond donors (Lipinski definition) is 0. The van der Waals surface area contributed by atoms with Crippen LogP contribution in [0, 0.1) is 0 Å². The van der Waals surface area contributed by atoms with Crippen molar-refractivity contribution in [2.24, 2.45) is 0 Å².